The van der Waals surface area contributed by atoms with E-state index in [-0.39, 0.29) is 5.75 Å². The average molecular weight is 243 g/mol. The summed E-state index contributed by atoms with van der Waals surface area (Å²) in [6.07, 6.45) is 0.889. The van der Waals surface area contributed by atoms with Crippen molar-refractivity contribution in [1.29, 1.82) is 0 Å². The largest absolute Gasteiger partial charge is 0.488 e. The molecule has 0 fully saturated rings. The van der Waals surface area contributed by atoms with Gasteiger partial charge in [0.05, 0.1) is 6.61 Å². The number of nitrogens with zero attached hydrogens (tertiary/aromatic N) is 1. The number of ether oxygens (including phenoxy) is 1. The fraction of sp³-hybridized carbons (Fsp3) is 0.286. The van der Waals surface area contributed by atoms with Crippen molar-refractivity contribution in [2.45, 2.75) is 13.3 Å². The van der Waals surface area contributed by atoms with E-state index in [2.05, 4.69) is 0 Å². The van der Waals surface area contributed by atoms with Gasteiger partial charge in [0, 0.05) is 12.2 Å². The third-order valence-electron chi connectivity index (χ3n) is 3.29. The first-order chi connectivity index (χ1) is 8.74. The molecular formula is C14H13NO3. The molecule has 0 saturated carbocycles. The zero-order valence-electron chi connectivity index (χ0n) is 10.1. The second kappa shape index (κ2) is 3.98. The molecule has 0 radical (unpaired) electrons. The molecule has 0 aromatic heterocycles. The highest BCUT2D eigenvalue weighted by Crippen LogP contribution is 2.36. The molecule has 4 nitrogen and oxygen atoms in total. The number of anilines is 2. The van der Waals surface area contributed by atoms with Crippen LogP contribution in [0.4, 0.5) is 11.4 Å². The lowest BCUT2D eigenvalue weighted by Crippen LogP contribution is -2.39. The molecule has 0 amide bonds. The van der Waals surface area contributed by atoms with Crippen molar-refractivity contribution in [3.63, 3.8) is 0 Å². The first-order valence-corrected chi connectivity index (χ1v) is 6.05. The standard InChI is InChI=1S/C14H13NO3/c1-2-18-14-11(12(16)13(14)17)15-8-7-9-5-3-4-6-10(9)15/h3-6H,2,7-8H2,1H3. The minimum Gasteiger partial charge on any atom is -0.488 e. The average Bonchev–Trinajstić information content (AvgIpc) is 2.82. The number of rotatable bonds is 3. The van der Waals surface area contributed by atoms with Gasteiger partial charge in [0.1, 0.15) is 5.69 Å². The van der Waals surface area contributed by atoms with Crippen LogP contribution in [0.15, 0.2) is 33.9 Å². The highest BCUT2D eigenvalue weighted by molar-refractivity contribution is 5.76. The lowest BCUT2D eigenvalue weighted by atomic mass is 10.1. The molecule has 0 N–H and O–H groups in total. The minimum absolute atomic E-state index is 0.221. The van der Waals surface area contributed by atoms with Crippen molar-refractivity contribution in [2.75, 3.05) is 18.1 Å². The Balaban J connectivity index is 2.06. The van der Waals surface area contributed by atoms with Gasteiger partial charge in [0.15, 0.2) is 5.75 Å². The molecule has 92 valence electrons. The summed E-state index contributed by atoms with van der Waals surface area (Å²) < 4.78 is 5.27. The maximum atomic E-state index is 11.7. The maximum absolute atomic E-state index is 11.7. The van der Waals surface area contributed by atoms with E-state index in [1.165, 1.54) is 5.56 Å². The van der Waals surface area contributed by atoms with Gasteiger partial charge in [-0.15, -0.1) is 0 Å². The van der Waals surface area contributed by atoms with E-state index < -0.39 is 10.9 Å². The summed E-state index contributed by atoms with van der Waals surface area (Å²) in [5.41, 5.74) is 1.69. The fourth-order valence-corrected chi connectivity index (χ4v) is 2.45. The van der Waals surface area contributed by atoms with Crippen molar-refractivity contribution in [2.24, 2.45) is 0 Å². The molecular weight excluding hydrogens is 230 g/mol. The highest BCUT2D eigenvalue weighted by atomic mass is 16.5. The summed E-state index contributed by atoms with van der Waals surface area (Å²) in [5, 5.41) is 0. The Morgan fingerprint density at radius 3 is 2.78 bits per heavy atom. The molecule has 0 atom stereocenters. The van der Waals surface area contributed by atoms with Crippen LogP contribution in [-0.2, 0) is 6.42 Å². The molecule has 18 heavy (non-hydrogen) atoms. The second-order valence-electron chi connectivity index (χ2n) is 4.30. The topological polar surface area (TPSA) is 46.6 Å². The number of hydrogen-bond donors (Lipinski definition) is 0. The van der Waals surface area contributed by atoms with Crippen LogP contribution in [0.25, 0.3) is 0 Å². The quantitative estimate of drug-likeness (QED) is 0.764. The van der Waals surface area contributed by atoms with Gasteiger partial charge in [0.2, 0.25) is 0 Å². The number of benzene rings is 1. The third-order valence-corrected chi connectivity index (χ3v) is 3.29. The predicted molar refractivity (Wildman–Crippen MR) is 69.7 cm³/mol. The minimum atomic E-state index is -0.503. The van der Waals surface area contributed by atoms with E-state index in [4.69, 9.17) is 4.74 Å². The van der Waals surface area contributed by atoms with E-state index in [9.17, 15) is 9.59 Å². The smallest absolute Gasteiger partial charge is 0.272 e. The van der Waals surface area contributed by atoms with Crippen LogP contribution in [0.5, 0.6) is 5.75 Å². The molecule has 0 unspecified atom stereocenters. The van der Waals surface area contributed by atoms with Gasteiger partial charge in [-0.2, -0.15) is 0 Å². The predicted octanol–water partition coefficient (Wildman–Crippen LogP) is 1.38. The van der Waals surface area contributed by atoms with Crippen molar-refractivity contribution in [3.8, 4) is 5.75 Å². The van der Waals surface area contributed by atoms with Gasteiger partial charge < -0.3 is 9.64 Å². The summed E-state index contributed by atoms with van der Waals surface area (Å²) in [6, 6.07) is 7.92. The summed E-state index contributed by atoms with van der Waals surface area (Å²) in [5.74, 6) is 0.221. The van der Waals surface area contributed by atoms with Gasteiger partial charge >= 0.3 is 0 Å². The maximum Gasteiger partial charge on any atom is 0.272 e. The SMILES string of the molecule is CCOc1c(N2CCc3ccccc32)c(=O)c1=O. The van der Waals surface area contributed by atoms with E-state index in [0.29, 0.717) is 12.3 Å². The van der Waals surface area contributed by atoms with Gasteiger partial charge in [-0.25, -0.2) is 0 Å². The van der Waals surface area contributed by atoms with Crippen molar-refractivity contribution < 1.29 is 4.74 Å². The van der Waals surface area contributed by atoms with Crippen molar-refractivity contribution in [1.82, 2.24) is 0 Å². The van der Waals surface area contributed by atoms with Crippen molar-refractivity contribution >= 4 is 11.4 Å². The Labute approximate surface area is 104 Å². The van der Waals surface area contributed by atoms with Gasteiger partial charge in [-0.1, -0.05) is 18.2 Å². The molecule has 0 spiro atoms. The summed E-state index contributed by atoms with van der Waals surface area (Å²) in [6.45, 7) is 2.93. The number of para-hydroxylation sites is 1. The molecule has 0 aliphatic carbocycles. The second-order valence-corrected chi connectivity index (χ2v) is 4.30. The Hall–Kier alpha value is -2.10. The highest BCUT2D eigenvalue weighted by Gasteiger charge is 2.31. The van der Waals surface area contributed by atoms with E-state index in [1.807, 2.05) is 29.2 Å². The molecule has 0 bridgehead atoms. The fourth-order valence-electron chi connectivity index (χ4n) is 2.45. The van der Waals surface area contributed by atoms with Crippen LogP contribution in [0.3, 0.4) is 0 Å². The van der Waals surface area contributed by atoms with E-state index in [0.717, 1.165) is 18.7 Å². The van der Waals surface area contributed by atoms with E-state index in [1.54, 1.807) is 6.92 Å². The Morgan fingerprint density at radius 2 is 2.00 bits per heavy atom. The van der Waals surface area contributed by atoms with Crippen LogP contribution in [0, 0.1) is 0 Å². The molecule has 2 aromatic rings. The Morgan fingerprint density at radius 1 is 1.22 bits per heavy atom. The molecule has 1 aliphatic heterocycles. The van der Waals surface area contributed by atoms with Crippen LogP contribution in [0.2, 0.25) is 0 Å². The summed E-state index contributed by atoms with van der Waals surface area (Å²) >= 11 is 0. The van der Waals surface area contributed by atoms with Gasteiger partial charge in [-0.3, -0.25) is 9.59 Å². The number of fused-ring (bicyclic) bond motifs is 1. The van der Waals surface area contributed by atoms with Gasteiger partial charge in [0.25, 0.3) is 10.9 Å². The third kappa shape index (κ3) is 1.38. The normalized spacial score (nSPS) is 13.9. The molecule has 1 heterocycles. The Kier molecular flexibility index (Phi) is 2.44. The summed E-state index contributed by atoms with van der Waals surface area (Å²) in [4.78, 5) is 25.1. The molecule has 0 saturated heterocycles. The monoisotopic (exact) mass is 243 g/mol. The van der Waals surface area contributed by atoms with Crippen LogP contribution in [-0.4, -0.2) is 13.2 Å². The van der Waals surface area contributed by atoms with Crippen LogP contribution in [0.1, 0.15) is 12.5 Å². The van der Waals surface area contributed by atoms with Gasteiger partial charge in [-0.05, 0) is 25.0 Å². The molecule has 3 rings (SSSR count). The zero-order chi connectivity index (χ0) is 12.7. The van der Waals surface area contributed by atoms with E-state index >= 15 is 0 Å². The summed E-state index contributed by atoms with van der Waals surface area (Å²) in [7, 11) is 0. The first kappa shape index (κ1) is 11.0. The van der Waals surface area contributed by atoms with Crippen molar-refractivity contribution in [3.05, 3.63) is 50.3 Å². The lowest BCUT2D eigenvalue weighted by molar-refractivity contribution is 0.334. The first-order valence-electron chi connectivity index (χ1n) is 6.05. The molecule has 1 aliphatic rings. The lowest BCUT2D eigenvalue weighted by Gasteiger charge is -2.22. The zero-order valence-corrected chi connectivity index (χ0v) is 10.1. The van der Waals surface area contributed by atoms with Crippen LogP contribution < -0.4 is 20.5 Å². The number of hydrogen-bond acceptors (Lipinski definition) is 4. The molecule has 2 aromatic carbocycles. The Bertz CT molecular complexity index is 668. The van der Waals surface area contributed by atoms with Crippen LogP contribution >= 0.6 is 0 Å². The molecule has 4 heteroatoms.